The summed E-state index contributed by atoms with van der Waals surface area (Å²) in [5.41, 5.74) is -2.66. The van der Waals surface area contributed by atoms with E-state index in [1.165, 1.54) is 0 Å². The van der Waals surface area contributed by atoms with Crippen LogP contribution in [-0.2, 0) is 10.9 Å². The first kappa shape index (κ1) is 14.1. The van der Waals surface area contributed by atoms with Gasteiger partial charge in [-0.25, -0.2) is 0 Å². The average Bonchev–Trinajstić information content (AvgIpc) is 2.32. The second-order valence-corrected chi connectivity index (χ2v) is 5.56. The van der Waals surface area contributed by atoms with Gasteiger partial charge in [0.25, 0.3) is 5.69 Å². The molecule has 11 heteroatoms. The van der Waals surface area contributed by atoms with Crippen LogP contribution < -0.4 is 11.1 Å². The van der Waals surface area contributed by atoms with Crippen LogP contribution in [-0.4, -0.2) is 24.3 Å². The summed E-state index contributed by atoms with van der Waals surface area (Å²) in [6.07, 6.45) is -0.982. The van der Waals surface area contributed by atoms with Crippen molar-refractivity contribution in [2.45, 2.75) is 6.29 Å². The van der Waals surface area contributed by atoms with E-state index in [-0.39, 0.29) is 16.7 Å². The molecule has 0 radical (unpaired) electrons. The predicted octanol–water partition coefficient (Wildman–Crippen LogP) is -0.267. The van der Waals surface area contributed by atoms with Gasteiger partial charge in [-0.2, -0.15) is 0 Å². The van der Waals surface area contributed by atoms with Gasteiger partial charge in [-0.05, 0) is 6.07 Å². The molecule has 1 heterocycles. The maximum Gasteiger partial charge on any atom is 0.345 e. The van der Waals surface area contributed by atoms with Crippen LogP contribution in [0.15, 0.2) is 27.8 Å². The van der Waals surface area contributed by atoms with Crippen LogP contribution in [0.2, 0.25) is 0 Å². The van der Waals surface area contributed by atoms with Crippen LogP contribution in [0.5, 0.6) is 0 Å². The van der Waals surface area contributed by atoms with Crippen LogP contribution in [0, 0.1) is 10.1 Å². The maximum atomic E-state index is 11.6. The Morgan fingerprint density at radius 2 is 2.00 bits per heavy atom. The minimum absolute atomic E-state index is 0.0106. The van der Waals surface area contributed by atoms with Gasteiger partial charge in [0.1, 0.15) is 6.29 Å². The van der Waals surface area contributed by atoms with Crippen molar-refractivity contribution in [2.75, 3.05) is 0 Å². The van der Waals surface area contributed by atoms with Gasteiger partial charge in [-0.15, -0.1) is 0 Å². The number of aromatic amines is 1. The fourth-order valence-corrected chi connectivity index (χ4v) is 2.35. The lowest BCUT2D eigenvalue weighted by Crippen LogP contribution is -2.36. The number of nitrogens with one attached hydrogen (secondary N) is 1. The molecular formula is C9H8N3O7P. The Bertz CT molecular complexity index is 862. The van der Waals surface area contributed by atoms with Gasteiger partial charge in [0.05, 0.1) is 16.0 Å². The molecule has 0 saturated heterocycles. The molecular weight excluding hydrogens is 293 g/mol. The number of nitro groups is 1. The molecule has 0 unspecified atom stereocenters. The summed E-state index contributed by atoms with van der Waals surface area (Å²) in [6, 6.07) is 3.21. The third kappa shape index (κ3) is 2.67. The van der Waals surface area contributed by atoms with E-state index in [4.69, 9.17) is 9.79 Å². The fraction of sp³-hybridized carbons (Fsp3) is 0.111. The molecule has 1 aromatic heterocycles. The summed E-state index contributed by atoms with van der Waals surface area (Å²) in [4.78, 5) is 52.9. The van der Waals surface area contributed by atoms with Gasteiger partial charge in [-0.1, -0.05) is 0 Å². The molecule has 0 aliphatic rings. The normalized spacial score (nSPS) is 11.7. The molecule has 2 aromatic rings. The largest absolute Gasteiger partial charge is 0.345 e. The van der Waals surface area contributed by atoms with Crippen molar-refractivity contribution in [2.24, 2.45) is 0 Å². The van der Waals surface area contributed by atoms with Gasteiger partial charge >= 0.3 is 18.7 Å². The van der Waals surface area contributed by atoms with Crippen LogP contribution in [0.1, 0.15) is 0 Å². The Labute approximate surface area is 109 Å². The molecule has 0 aliphatic heterocycles. The maximum absolute atomic E-state index is 11.6. The number of aromatic nitrogens is 2. The van der Waals surface area contributed by atoms with E-state index in [1.54, 1.807) is 0 Å². The minimum Gasteiger partial charge on any atom is -0.323 e. The summed E-state index contributed by atoms with van der Waals surface area (Å²) >= 11 is 0. The molecule has 0 bridgehead atoms. The number of benzene rings is 1. The van der Waals surface area contributed by atoms with Crippen molar-refractivity contribution >= 4 is 24.3 Å². The van der Waals surface area contributed by atoms with Crippen LogP contribution >= 0.6 is 7.60 Å². The van der Waals surface area contributed by atoms with Gasteiger partial charge in [0.15, 0.2) is 0 Å². The van der Waals surface area contributed by atoms with Crippen molar-refractivity contribution in [3.63, 3.8) is 0 Å². The molecule has 3 N–H and O–H groups in total. The lowest BCUT2D eigenvalue weighted by Gasteiger charge is -2.10. The monoisotopic (exact) mass is 301 g/mol. The average molecular weight is 301 g/mol. The quantitative estimate of drug-likeness (QED) is 0.305. The number of hydrogen-bond donors (Lipinski definition) is 3. The van der Waals surface area contributed by atoms with E-state index in [9.17, 15) is 24.3 Å². The highest BCUT2D eigenvalue weighted by atomic mass is 31.2. The van der Waals surface area contributed by atoms with Gasteiger partial charge < -0.3 is 14.8 Å². The second kappa shape index (κ2) is 4.67. The van der Waals surface area contributed by atoms with Gasteiger partial charge in [-0.3, -0.25) is 28.8 Å². The van der Waals surface area contributed by atoms with Gasteiger partial charge in [0, 0.05) is 12.1 Å². The van der Waals surface area contributed by atoms with E-state index < -0.39 is 29.9 Å². The number of nitro benzene ring substituents is 1. The molecule has 2 rings (SSSR count). The third-order valence-electron chi connectivity index (χ3n) is 2.49. The van der Waals surface area contributed by atoms with E-state index in [2.05, 4.69) is 4.98 Å². The molecule has 0 aliphatic carbocycles. The standard InChI is InChI=1S/C9H8N3O7P/c13-8-9(14)11(4-20(17,18)19)7-2-1-5(12(15)16)3-6(7)10-8/h1-3H,4H2,(H,10,13)(H2,17,18,19). The zero-order chi connectivity index (χ0) is 15.1. The first-order chi connectivity index (χ1) is 9.19. The van der Waals surface area contributed by atoms with E-state index in [0.29, 0.717) is 4.57 Å². The number of non-ortho nitro benzene ring substituents is 1. The predicted molar refractivity (Wildman–Crippen MR) is 67.5 cm³/mol. The molecule has 106 valence electrons. The Morgan fingerprint density at radius 1 is 1.35 bits per heavy atom. The van der Waals surface area contributed by atoms with Gasteiger partial charge in [0.2, 0.25) is 0 Å². The summed E-state index contributed by atoms with van der Waals surface area (Å²) in [5, 5.41) is 10.6. The SMILES string of the molecule is O=c1[nH]c2cc([N+](=O)[O-])ccc2n(CP(=O)(O)O)c1=O. The number of rotatable bonds is 3. The first-order valence-electron chi connectivity index (χ1n) is 5.15. The topological polar surface area (TPSA) is 156 Å². The van der Waals surface area contributed by atoms with Crippen LogP contribution in [0.25, 0.3) is 11.0 Å². The molecule has 10 nitrogen and oxygen atoms in total. The Hall–Kier alpha value is -2.29. The Balaban J connectivity index is 2.82. The number of fused-ring (bicyclic) bond motifs is 1. The van der Waals surface area contributed by atoms with Crippen molar-refractivity contribution in [3.8, 4) is 0 Å². The van der Waals surface area contributed by atoms with E-state index in [0.717, 1.165) is 18.2 Å². The minimum atomic E-state index is -4.59. The lowest BCUT2D eigenvalue weighted by molar-refractivity contribution is -0.384. The highest BCUT2D eigenvalue weighted by Gasteiger charge is 2.19. The zero-order valence-corrected chi connectivity index (χ0v) is 10.6. The summed E-state index contributed by atoms with van der Waals surface area (Å²) in [5.74, 6) is 0. The summed E-state index contributed by atoms with van der Waals surface area (Å²) in [7, 11) is -4.59. The highest BCUT2D eigenvalue weighted by molar-refractivity contribution is 7.50. The number of nitrogens with zero attached hydrogens (tertiary/aromatic N) is 2. The van der Waals surface area contributed by atoms with Crippen LogP contribution in [0.4, 0.5) is 5.69 Å². The van der Waals surface area contributed by atoms with Crippen molar-refractivity contribution in [3.05, 3.63) is 49.0 Å². The summed E-state index contributed by atoms with van der Waals surface area (Å²) < 4.78 is 11.6. The Kier molecular flexibility index (Phi) is 3.30. The Morgan fingerprint density at radius 3 is 2.55 bits per heavy atom. The number of hydrogen-bond acceptors (Lipinski definition) is 5. The van der Waals surface area contributed by atoms with E-state index >= 15 is 0 Å². The first-order valence-corrected chi connectivity index (χ1v) is 6.94. The molecule has 20 heavy (non-hydrogen) atoms. The molecule has 0 spiro atoms. The molecule has 0 fully saturated rings. The van der Waals surface area contributed by atoms with Crippen molar-refractivity contribution in [1.82, 2.24) is 9.55 Å². The molecule has 1 aromatic carbocycles. The second-order valence-electron chi connectivity index (χ2n) is 3.95. The molecule has 0 amide bonds. The zero-order valence-electron chi connectivity index (χ0n) is 9.72. The van der Waals surface area contributed by atoms with E-state index in [1.807, 2.05) is 0 Å². The highest BCUT2D eigenvalue weighted by Crippen LogP contribution is 2.36. The smallest absolute Gasteiger partial charge is 0.323 e. The number of H-pyrrole nitrogens is 1. The summed E-state index contributed by atoms with van der Waals surface area (Å²) in [6.45, 7) is 0. The lowest BCUT2D eigenvalue weighted by atomic mass is 10.2. The van der Waals surface area contributed by atoms with Crippen molar-refractivity contribution in [1.29, 1.82) is 0 Å². The molecule has 0 atom stereocenters. The van der Waals surface area contributed by atoms with Crippen molar-refractivity contribution < 1.29 is 19.3 Å². The fourth-order valence-electron chi connectivity index (χ4n) is 1.71. The molecule has 0 saturated carbocycles. The van der Waals surface area contributed by atoms with Crippen LogP contribution in [0.3, 0.4) is 0 Å². The third-order valence-corrected chi connectivity index (χ3v) is 3.15.